The second-order valence-corrected chi connectivity index (χ2v) is 9.39. The highest BCUT2D eigenvalue weighted by molar-refractivity contribution is 5.94. The van der Waals surface area contributed by atoms with Gasteiger partial charge in [-0.05, 0) is 61.6 Å². The highest BCUT2D eigenvalue weighted by Gasteiger charge is 2.43. The van der Waals surface area contributed by atoms with Crippen molar-refractivity contribution in [3.05, 3.63) is 59.4 Å². The SMILES string of the molecule is O=C(Nc1ccc([C@H](O)CN2CCC3(CC2)C[C@H](O)c2cc(F)ccc2O3)cc1)C1CC1. The molecule has 6 nitrogen and oxygen atoms in total. The first-order valence-corrected chi connectivity index (χ1v) is 11.4. The van der Waals surface area contributed by atoms with Crippen molar-refractivity contribution in [2.75, 3.05) is 25.0 Å². The van der Waals surface area contributed by atoms with Gasteiger partial charge >= 0.3 is 0 Å². The highest BCUT2D eigenvalue weighted by atomic mass is 19.1. The van der Waals surface area contributed by atoms with Gasteiger partial charge in [0.25, 0.3) is 0 Å². The number of halogens is 1. The van der Waals surface area contributed by atoms with E-state index in [4.69, 9.17) is 4.74 Å². The molecule has 2 atom stereocenters. The van der Waals surface area contributed by atoms with E-state index in [0.717, 1.165) is 50.0 Å². The third-order valence-electron chi connectivity index (χ3n) is 6.93. The fourth-order valence-electron chi connectivity index (χ4n) is 4.79. The summed E-state index contributed by atoms with van der Waals surface area (Å²) < 4.78 is 19.8. The Morgan fingerprint density at radius 2 is 1.91 bits per heavy atom. The third-order valence-corrected chi connectivity index (χ3v) is 6.93. The smallest absolute Gasteiger partial charge is 0.227 e. The summed E-state index contributed by atoms with van der Waals surface area (Å²) in [6.07, 6.45) is 2.50. The molecule has 2 fully saturated rings. The van der Waals surface area contributed by atoms with Crippen LogP contribution in [0.1, 0.15) is 55.4 Å². The van der Waals surface area contributed by atoms with Crippen LogP contribution in [0.15, 0.2) is 42.5 Å². The molecule has 5 rings (SSSR count). The molecule has 2 aromatic rings. The standard InChI is InChI=1S/C25H29FN2O4/c26-18-5-8-23-20(13-18)21(29)14-25(32-23)9-11-28(12-10-25)15-22(30)16-3-6-19(7-4-16)27-24(31)17-1-2-17/h3-8,13,17,21-22,29-30H,1-2,9-12,14-15H2,(H,27,31)/t21-,22+/m0/s1. The lowest BCUT2D eigenvalue weighted by atomic mass is 9.81. The number of hydrogen-bond donors (Lipinski definition) is 3. The summed E-state index contributed by atoms with van der Waals surface area (Å²) in [5, 5.41) is 24.2. The van der Waals surface area contributed by atoms with Crippen LogP contribution in [0.2, 0.25) is 0 Å². The summed E-state index contributed by atoms with van der Waals surface area (Å²) in [6, 6.07) is 11.7. The van der Waals surface area contributed by atoms with Crippen molar-refractivity contribution in [1.29, 1.82) is 0 Å². The zero-order valence-corrected chi connectivity index (χ0v) is 18.0. The molecule has 1 spiro atoms. The molecule has 0 radical (unpaired) electrons. The van der Waals surface area contributed by atoms with E-state index in [0.29, 0.717) is 24.3 Å². The Morgan fingerprint density at radius 1 is 1.19 bits per heavy atom. The van der Waals surface area contributed by atoms with E-state index >= 15 is 0 Å². The minimum Gasteiger partial charge on any atom is -0.487 e. The molecule has 1 saturated carbocycles. The minimum atomic E-state index is -0.731. The molecule has 0 unspecified atom stereocenters. The number of aliphatic hydroxyl groups is 2. The molecule has 7 heteroatoms. The van der Waals surface area contributed by atoms with Crippen LogP contribution < -0.4 is 10.1 Å². The van der Waals surface area contributed by atoms with E-state index < -0.39 is 17.8 Å². The summed E-state index contributed by atoms with van der Waals surface area (Å²) in [4.78, 5) is 14.1. The Morgan fingerprint density at radius 3 is 2.59 bits per heavy atom. The van der Waals surface area contributed by atoms with Crippen LogP contribution in [0.3, 0.4) is 0 Å². The van der Waals surface area contributed by atoms with Crippen molar-refractivity contribution in [3.8, 4) is 5.75 Å². The van der Waals surface area contributed by atoms with Gasteiger partial charge in [0.05, 0.1) is 12.2 Å². The number of fused-ring (bicyclic) bond motifs is 1. The first kappa shape index (κ1) is 21.4. The largest absolute Gasteiger partial charge is 0.487 e. The second kappa shape index (κ2) is 8.46. The Labute approximate surface area is 187 Å². The monoisotopic (exact) mass is 440 g/mol. The molecule has 0 bridgehead atoms. The van der Waals surface area contributed by atoms with Gasteiger partial charge in [-0.25, -0.2) is 4.39 Å². The molecule has 32 heavy (non-hydrogen) atoms. The van der Waals surface area contributed by atoms with Crippen molar-refractivity contribution in [2.45, 2.75) is 49.9 Å². The number of ether oxygens (including phenoxy) is 1. The van der Waals surface area contributed by atoms with E-state index in [1.165, 1.54) is 12.1 Å². The quantitative estimate of drug-likeness (QED) is 0.662. The summed E-state index contributed by atoms with van der Waals surface area (Å²) in [5.41, 5.74) is 1.64. The Balaban J connectivity index is 1.15. The van der Waals surface area contributed by atoms with Gasteiger partial charge in [0.2, 0.25) is 5.91 Å². The average Bonchev–Trinajstić information content (AvgIpc) is 3.62. The van der Waals surface area contributed by atoms with Crippen LogP contribution >= 0.6 is 0 Å². The van der Waals surface area contributed by atoms with Crippen LogP contribution in [0, 0.1) is 11.7 Å². The molecule has 1 aliphatic carbocycles. The van der Waals surface area contributed by atoms with Gasteiger partial charge in [-0.3, -0.25) is 4.79 Å². The van der Waals surface area contributed by atoms with E-state index in [2.05, 4.69) is 10.2 Å². The number of aliphatic hydroxyl groups excluding tert-OH is 2. The van der Waals surface area contributed by atoms with Crippen LogP contribution in [0.5, 0.6) is 5.75 Å². The summed E-state index contributed by atoms with van der Waals surface area (Å²) in [6.45, 7) is 2.00. The molecule has 1 amide bonds. The fraction of sp³-hybridized carbons (Fsp3) is 0.480. The number of benzene rings is 2. The number of anilines is 1. The Hall–Kier alpha value is -2.48. The summed E-state index contributed by atoms with van der Waals surface area (Å²) >= 11 is 0. The molecule has 0 aromatic heterocycles. The van der Waals surface area contributed by atoms with Gasteiger partial charge in [-0.15, -0.1) is 0 Å². The zero-order chi connectivity index (χ0) is 22.3. The molecule has 3 N–H and O–H groups in total. The van der Waals surface area contributed by atoms with Crippen molar-refractivity contribution in [1.82, 2.24) is 4.90 Å². The lowest BCUT2D eigenvalue weighted by Gasteiger charge is -2.46. The van der Waals surface area contributed by atoms with Gasteiger partial charge in [0.15, 0.2) is 0 Å². The predicted octanol–water partition coefficient (Wildman–Crippen LogP) is 3.56. The molecule has 3 aliphatic rings. The van der Waals surface area contributed by atoms with Crippen molar-refractivity contribution >= 4 is 11.6 Å². The number of rotatable bonds is 5. The van der Waals surface area contributed by atoms with E-state index in [-0.39, 0.29) is 17.6 Å². The minimum absolute atomic E-state index is 0.0725. The van der Waals surface area contributed by atoms with Crippen LogP contribution in [0.25, 0.3) is 0 Å². The molecule has 2 aliphatic heterocycles. The first-order valence-electron chi connectivity index (χ1n) is 11.4. The lowest BCUT2D eigenvalue weighted by Crippen LogP contribution is -2.51. The van der Waals surface area contributed by atoms with Gasteiger partial charge < -0.3 is 25.2 Å². The molecular formula is C25H29FN2O4. The normalized spacial score (nSPS) is 23.3. The maximum absolute atomic E-state index is 13.5. The number of hydrogen-bond acceptors (Lipinski definition) is 5. The van der Waals surface area contributed by atoms with Crippen molar-refractivity contribution < 1.29 is 24.1 Å². The highest BCUT2D eigenvalue weighted by Crippen LogP contribution is 2.44. The van der Waals surface area contributed by atoms with Gasteiger partial charge in [-0.1, -0.05) is 12.1 Å². The fourth-order valence-corrected chi connectivity index (χ4v) is 4.79. The molecular weight excluding hydrogens is 411 g/mol. The summed E-state index contributed by atoms with van der Waals surface area (Å²) in [5.74, 6) is 0.423. The Kier molecular flexibility index (Phi) is 5.65. The molecule has 2 heterocycles. The van der Waals surface area contributed by atoms with E-state index in [1.807, 2.05) is 24.3 Å². The predicted molar refractivity (Wildman–Crippen MR) is 118 cm³/mol. The number of carbonyl (C=O) groups is 1. The number of likely N-dealkylation sites (tertiary alicyclic amines) is 1. The van der Waals surface area contributed by atoms with Gasteiger partial charge in [0, 0.05) is 43.2 Å². The topological polar surface area (TPSA) is 82.0 Å². The van der Waals surface area contributed by atoms with Crippen LogP contribution in [-0.4, -0.2) is 46.3 Å². The number of amides is 1. The molecule has 2 aromatic carbocycles. The zero-order valence-electron chi connectivity index (χ0n) is 18.0. The lowest BCUT2D eigenvalue weighted by molar-refractivity contribution is -0.117. The van der Waals surface area contributed by atoms with Crippen molar-refractivity contribution in [2.24, 2.45) is 5.92 Å². The van der Waals surface area contributed by atoms with Crippen LogP contribution in [0.4, 0.5) is 10.1 Å². The van der Waals surface area contributed by atoms with E-state index in [1.54, 1.807) is 6.07 Å². The molecule has 1 saturated heterocycles. The van der Waals surface area contributed by atoms with Gasteiger partial charge in [0.1, 0.15) is 17.2 Å². The van der Waals surface area contributed by atoms with Crippen molar-refractivity contribution in [3.63, 3.8) is 0 Å². The average molecular weight is 441 g/mol. The number of β-amino-alcohol motifs (C(OH)–C–C–N with tert-alkyl or cyclic N) is 1. The number of nitrogens with one attached hydrogen (secondary N) is 1. The third kappa shape index (κ3) is 4.51. The molecule has 170 valence electrons. The number of nitrogens with zero attached hydrogens (tertiary/aromatic N) is 1. The number of carbonyl (C=O) groups excluding carboxylic acids is 1. The summed E-state index contributed by atoms with van der Waals surface area (Å²) in [7, 11) is 0. The Bertz CT molecular complexity index is 984. The van der Waals surface area contributed by atoms with E-state index in [9.17, 15) is 19.4 Å². The second-order valence-electron chi connectivity index (χ2n) is 9.39. The maximum Gasteiger partial charge on any atom is 0.227 e. The van der Waals surface area contributed by atoms with Gasteiger partial charge in [-0.2, -0.15) is 0 Å². The number of piperidine rings is 1. The first-order chi connectivity index (χ1) is 15.4. The van der Waals surface area contributed by atoms with Crippen LogP contribution in [-0.2, 0) is 4.79 Å². The maximum atomic E-state index is 13.5.